The molecule has 1 aromatic heterocycles. The van der Waals surface area contributed by atoms with Crippen molar-refractivity contribution in [3.05, 3.63) is 67.6 Å². The SMILES string of the molecule is N#Cc1cc([N+](=O)[O-])cn(CCCOc2cccc(Cl)c2)c1=O. The van der Waals surface area contributed by atoms with Gasteiger partial charge in [-0.05, 0) is 24.6 Å². The van der Waals surface area contributed by atoms with Gasteiger partial charge in [-0.1, -0.05) is 17.7 Å². The van der Waals surface area contributed by atoms with E-state index in [0.29, 0.717) is 23.8 Å². The lowest BCUT2D eigenvalue weighted by molar-refractivity contribution is -0.385. The summed E-state index contributed by atoms with van der Waals surface area (Å²) in [7, 11) is 0. The molecule has 2 aromatic rings. The van der Waals surface area contributed by atoms with Crippen LogP contribution in [0.2, 0.25) is 5.02 Å². The molecule has 0 unspecified atom stereocenters. The van der Waals surface area contributed by atoms with Crippen molar-refractivity contribution in [2.24, 2.45) is 0 Å². The average Bonchev–Trinajstić information content (AvgIpc) is 2.52. The second-order valence-corrected chi connectivity index (χ2v) is 5.08. The van der Waals surface area contributed by atoms with Gasteiger partial charge in [0.15, 0.2) is 0 Å². The van der Waals surface area contributed by atoms with Crippen molar-refractivity contribution in [3.63, 3.8) is 0 Å². The van der Waals surface area contributed by atoms with Crippen LogP contribution < -0.4 is 10.3 Å². The molecule has 0 saturated carbocycles. The van der Waals surface area contributed by atoms with Gasteiger partial charge in [-0.15, -0.1) is 0 Å². The summed E-state index contributed by atoms with van der Waals surface area (Å²) in [5.74, 6) is 0.599. The molecule has 1 aromatic carbocycles. The van der Waals surface area contributed by atoms with Gasteiger partial charge in [0, 0.05) is 17.6 Å². The van der Waals surface area contributed by atoms with Crippen LogP contribution in [0.1, 0.15) is 12.0 Å². The first-order valence-corrected chi connectivity index (χ1v) is 7.06. The predicted molar refractivity (Wildman–Crippen MR) is 83.6 cm³/mol. The van der Waals surface area contributed by atoms with Crippen molar-refractivity contribution < 1.29 is 9.66 Å². The van der Waals surface area contributed by atoms with Crippen LogP contribution in [0.4, 0.5) is 5.69 Å². The number of nitro groups is 1. The van der Waals surface area contributed by atoms with Crippen LogP contribution in [0, 0.1) is 21.4 Å². The molecule has 0 radical (unpaired) electrons. The van der Waals surface area contributed by atoms with Crippen molar-refractivity contribution in [2.45, 2.75) is 13.0 Å². The zero-order valence-corrected chi connectivity index (χ0v) is 12.7. The third-order valence-electron chi connectivity index (χ3n) is 3.01. The van der Waals surface area contributed by atoms with Gasteiger partial charge in [0.25, 0.3) is 11.2 Å². The molecule has 23 heavy (non-hydrogen) atoms. The fourth-order valence-corrected chi connectivity index (χ4v) is 2.13. The first-order chi connectivity index (χ1) is 11.0. The van der Waals surface area contributed by atoms with Crippen LogP contribution in [-0.4, -0.2) is 16.1 Å². The fourth-order valence-electron chi connectivity index (χ4n) is 1.95. The monoisotopic (exact) mass is 333 g/mol. The minimum absolute atomic E-state index is 0.204. The summed E-state index contributed by atoms with van der Waals surface area (Å²) in [6, 6.07) is 9.53. The predicted octanol–water partition coefficient (Wildman–Crippen LogP) is 2.75. The van der Waals surface area contributed by atoms with Gasteiger partial charge in [0.05, 0.1) is 17.7 Å². The zero-order valence-electron chi connectivity index (χ0n) is 11.9. The summed E-state index contributed by atoms with van der Waals surface area (Å²) in [5.41, 5.74) is -1.10. The number of ether oxygens (including phenoxy) is 1. The van der Waals surface area contributed by atoms with Crippen molar-refractivity contribution in [1.29, 1.82) is 5.26 Å². The molecule has 1 heterocycles. The lowest BCUT2D eigenvalue weighted by atomic mass is 10.2. The number of nitrogens with zero attached hydrogens (tertiary/aromatic N) is 3. The maximum Gasteiger partial charge on any atom is 0.287 e. The number of rotatable bonds is 6. The quantitative estimate of drug-likeness (QED) is 0.460. The maximum absolute atomic E-state index is 11.9. The van der Waals surface area contributed by atoms with Crippen LogP contribution >= 0.6 is 11.6 Å². The molecule has 0 aliphatic heterocycles. The highest BCUT2D eigenvalue weighted by Crippen LogP contribution is 2.17. The Hall–Kier alpha value is -2.85. The summed E-state index contributed by atoms with van der Waals surface area (Å²) in [6.07, 6.45) is 1.57. The van der Waals surface area contributed by atoms with Crippen molar-refractivity contribution in [1.82, 2.24) is 4.57 Å². The van der Waals surface area contributed by atoms with E-state index in [4.69, 9.17) is 21.6 Å². The molecule has 118 valence electrons. The Morgan fingerprint density at radius 3 is 2.83 bits per heavy atom. The van der Waals surface area contributed by atoms with E-state index in [1.807, 2.05) is 0 Å². The molecule has 0 atom stereocenters. The molecule has 0 aliphatic carbocycles. The van der Waals surface area contributed by atoms with Crippen LogP contribution in [0.3, 0.4) is 0 Å². The highest BCUT2D eigenvalue weighted by Gasteiger charge is 2.13. The Balaban J connectivity index is 2.03. The topological polar surface area (TPSA) is 98.2 Å². The van der Waals surface area contributed by atoms with Gasteiger partial charge >= 0.3 is 0 Å². The van der Waals surface area contributed by atoms with Crippen molar-refractivity contribution in [3.8, 4) is 11.8 Å². The lowest BCUT2D eigenvalue weighted by Crippen LogP contribution is -2.23. The normalized spacial score (nSPS) is 10.1. The molecule has 8 heteroatoms. The molecule has 7 nitrogen and oxygen atoms in total. The van der Waals surface area contributed by atoms with Crippen LogP contribution in [0.15, 0.2) is 41.3 Å². The molecule has 2 rings (SSSR count). The number of aryl methyl sites for hydroxylation is 1. The Labute approximate surface area is 136 Å². The Bertz CT molecular complexity index is 826. The van der Waals surface area contributed by atoms with Crippen LogP contribution in [-0.2, 0) is 6.54 Å². The third kappa shape index (κ3) is 4.31. The smallest absolute Gasteiger partial charge is 0.287 e. The first-order valence-electron chi connectivity index (χ1n) is 6.68. The number of pyridine rings is 1. The summed E-state index contributed by atoms with van der Waals surface area (Å²) in [4.78, 5) is 22.1. The minimum Gasteiger partial charge on any atom is -0.493 e. The van der Waals surface area contributed by atoms with E-state index in [1.165, 1.54) is 0 Å². The van der Waals surface area contributed by atoms with E-state index in [1.54, 1.807) is 30.3 Å². The first kappa shape index (κ1) is 16.5. The largest absolute Gasteiger partial charge is 0.493 e. The third-order valence-corrected chi connectivity index (χ3v) is 3.25. The number of benzene rings is 1. The summed E-state index contributed by atoms with van der Waals surface area (Å²) in [5, 5.41) is 20.2. The highest BCUT2D eigenvalue weighted by atomic mass is 35.5. The van der Waals surface area contributed by atoms with Gasteiger partial charge < -0.3 is 9.30 Å². The summed E-state index contributed by atoms with van der Waals surface area (Å²) >= 11 is 5.83. The second-order valence-electron chi connectivity index (χ2n) is 4.64. The number of nitriles is 1. The van der Waals surface area contributed by atoms with E-state index in [2.05, 4.69) is 0 Å². The maximum atomic E-state index is 11.9. The second kappa shape index (κ2) is 7.42. The average molecular weight is 334 g/mol. The minimum atomic E-state index is -0.640. The van der Waals surface area contributed by atoms with E-state index >= 15 is 0 Å². The molecule has 0 bridgehead atoms. The molecular formula is C15H12ClN3O4. The fraction of sp³-hybridized carbons (Fsp3) is 0.200. The number of aromatic nitrogens is 1. The van der Waals surface area contributed by atoms with E-state index in [0.717, 1.165) is 16.8 Å². The summed E-state index contributed by atoms with van der Waals surface area (Å²) < 4.78 is 6.63. The molecule has 0 fully saturated rings. The number of halogens is 1. The van der Waals surface area contributed by atoms with Gasteiger partial charge in [-0.3, -0.25) is 14.9 Å². The molecule has 0 spiro atoms. The van der Waals surface area contributed by atoms with Crippen LogP contribution in [0.5, 0.6) is 5.75 Å². The van der Waals surface area contributed by atoms with Gasteiger partial charge in [0.1, 0.15) is 17.4 Å². The Morgan fingerprint density at radius 2 is 2.17 bits per heavy atom. The van der Waals surface area contributed by atoms with E-state index in [-0.39, 0.29) is 17.8 Å². The van der Waals surface area contributed by atoms with Gasteiger partial charge in [0.2, 0.25) is 0 Å². The molecule has 0 amide bonds. The number of hydrogen-bond acceptors (Lipinski definition) is 5. The van der Waals surface area contributed by atoms with Crippen molar-refractivity contribution in [2.75, 3.05) is 6.61 Å². The highest BCUT2D eigenvalue weighted by molar-refractivity contribution is 6.30. The lowest BCUT2D eigenvalue weighted by Gasteiger charge is -2.08. The molecule has 0 aliphatic rings. The van der Waals surface area contributed by atoms with Crippen LogP contribution in [0.25, 0.3) is 0 Å². The van der Waals surface area contributed by atoms with Crippen molar-refractivity contribution >= 4 is 17.3 Å². The van der Waals surface area contributed by atoms with Gasteiger partial charge in [-0.2, -0.15) is 5.26 Å². The van der Waals surface area contributed by atoms with E-state index < -0.39 is 10.5 Å². The standard InChI is InChI=1S/C15H12ClN3O4/c16-12-3-1-4-14(8-12)23-6-2-5-18-10-13(19(21)22)7-11(9-17)15(18)20/h1,3-4,7-8,10H,2,5-6H2. The molecular weight excluding hydrogens is 322 g/mol. The van der Waals surface area contributed by atoms with E-state index in [9.17, 15) is 14.9 Å². The number of hydrogen-bond donors (Lipinski definition) is 0. The Kier molecular flexibility index (Phi) is 5.33. The Morgan fingerprint density at radius 1 is 1.39 bits per heavy atom. The summed E-state index contributed by atoms with van der Waals surface area (Å²) in [6.45, 7) is 0.507. The molecule has 0 N–H and O–H groups in total. The van der Waals surface area contributed by atoms with Gasteiger partial charge in [-0.25, -0.2) is 0 Å². The zero-order chi connectivity index (χ0) is 16.8. The molecule has 0 saturated heterocycles.